The number of aromatic nitrogens is 1. The molecule has 0 N–H and O–H groups in total. The van der Waals surface area contributed by atoms with Gasteiger partial charge in [0.15, 0.2) is 11.5 Å². The molecule has 4 nitrogen and oxygen atoms in total. The van der Waals surface area contributed by atoms with Crippen molar-refractivity contribution < 1.29 is 9.47 Å². The quantitative estimate of drug-likeness (QED) is 0.475. The van der Waals surface area contributed by atoms with Crippen molar-refractivity contribution in [3.05, 3.63) is 60.2 Å². The average Bonchev–Trinajstić information content (AvgIpc) is 3.06. The molecule has 0 radical (unpaired) electrons. The molecule has 124 valence electrons. The van der Waals surface area contributed by atoms with Crippen LogP contribution in [-0.2, 0) is 0 Å². The van der Waals surface area contributed by atoms with Gasteiger partial charge in [-0.15, -0.1) is 0 Å². The molecule has 0 atom stereocenters. The van der Waals surface area contributed by atoms with E-state index < -0.39 is 0 Å². The van der Waals surface area contributed by atoms with Crippen LogP contribution in [-0.4, -0.2) is 25.4 Å². The minimum absolute atomic E-state index is 0.672. The van der Waals surface area contributed by atoms with Gasteiger partial charge in [-0.2, -0.15) is 0 Å². The largest absolute Gasteiger partial charge is 0.493 e. The number of nitrogens with zero attached hydrogens (tertiary/aromatic N) is 2. The summed E-state index contributed by atoms with van der Waals surface area (Å²) >= 11 is 1.52. The second-order valence-corrected chi connectivity index (χ2v) is 6.55. The van der Waals surface area contributed by atoms with Gasteiger partial charge in [0.1, 0.15) is 0 Å². The van der Waals surface area contributed by atoms with Gasteiger partial charge < -0.3 is 9.47 Å². The van der Waals surface area contributed by atoms with Crippen molar-refractivity contribution in [2.45, 2.75) is 0 Å². The summed E-state index contributed by atoms with van der Waals surface area (Å²) in [6, 6.07) is 18.4. The number of methoxy groups -OCH3 is 2. The number of fused-ring (bicyclic) bond motifs is 2. The number of rotatable bonds is 4. The van der Waals surface area contributed by atoms with Gasteiger partial charge in [0.05, 0.1) is 24.4 Å². The Morgan fingerprint density at radius 1 is 0.920 bits per heavy atom. The highest BCUT2D eigenvalue weighted by molar-refractivity contribution is 7.22. The standard InChI is InChI=1S/C20H16N2O2S/c1-23-17-10-16-19(11-18(17)24-2)25-20(22-16)21-12-13-7-8-14-5-3-4-6-15(14)9-13/h3-12H,1-2H3. The zero-order valence-corrected chi connectivity index (χ0v) is 14.7. The molecule has 0 saturated carbocycles. The van der Waals surface area contributed by atoms with E-state index in [4.69, 9.17) is 9.47 Å². The molecular formula is C20H16N2O2S. The van der Waals surface area contributed by atoms with E-state index in [1.54, 1.807) is 14.2 Å². The summed E-state index contributed by atoms with van der Waals surface area (Å²) in [7, 11) is 3.25. The first-order chi connectivity index (χ1) is 12.3. The van der Waals surface area contributed by atoms with Crippen LogP contribution >= 0.6 is 11.3 Å². The summed E-state index contributed by atoms with van der Waals surface area (Å²) in [6.07, 6.45) is 1.85. The first-order valence-corrected chi connectivity index (χ1v) is 8.64. The van der Waals surface area contributed by atoms with Crippen LogP contribution in [0.3, 0.4) is 0 Å². The van der Waals surface area contributed by atoms with Gasteiger partial charge >= 0.3 is 0 Å². The lowest BCUT2D eigenvalue weighted by atomic mass is 10.1. The smallest absolute Gasteiger partial charge is 0.210 e. The fourth-order valence-electron chi connectivity index (χ4n) is 2.72. The molecule has 0 spiro atoms. The number of thiazole rings is 1. The van der Waals surface area contributed by atoms with Crippen molar-refractivity contribution in [1.82, 2.24) is 4.98 Å². The number of aliphatic imine (C=N–C) groups is 1. The molecule has 0 unspecified atom stereocenters. The minimum atomic E-state index is 0.672. The van der Waals surface area contributed by atoms with E-state index in [9.17, 15) is 0 Å². The Hall–Kier alpha value is -2.92. The van der Waals surface area contributed by atoms with E-state index in [1.165, 1.54) is 22.1 Å². The molecule has 25 heavy (non-hydrogen) atoms. The first kappa shape index (κ1) is 15.6. The van der Waals surface area contributed by atoms with Gasteiger partial charge in [-0.3, -0.25) is 0 Å². The van der Waals surface area contributed by atoms with Gasteiger partial charge in [-0.1, -0.05) is 47.7 Å². The Morgan fingerprint density at radius 2 is 1.68 bits per heavy atom. The molecule has 0 aliphatic rings. The Balaban J connectivity index is 1.67. The van der Waals surface area contributed by atoms with Gasteiger partial charge in [0.25, 0.3) is 0 Å². The zero-order valence-electron chi connectivity index (χ0n) is 13.9. The zero-order chi connectivity index (χ0) is 17.2. The summed E-state index contributed by atoms with van der Waals surface area (Å²) in [6.45, 7) is 0. The van der Waals surface area contributed by atoms with Crippen LogP contribution in [0.25, 0.3) is 21.0 Å². The molecule has 0 saturated heterocycles. The van der Waals surface area contributed by atoms with Crippen molar-refractivity contribution >= 4 is 43.7 Å². The summed E-state index contributed by atoms with van der Waals surface area (Å²) < 4.78 is 11.7. The number of ether oxygens (including phenoxy) is 2. The number of hydrogen-bond donors (Lipinski definition) is 0. The van der Waals surface area contributed by atoms with Crippen LogP contribution in [0.4, 0.5) is 5.13 Å². The fourth-order valence-corrected chi connectivity index (χ4v) is 3.54. The van der Waals surface area contributed by atoms with E-state index in [1.807, 2.05) is 30.5 Å². The Labute approximate surface area is 149 Å². The highest BCUT2D eigenvalue weighted by Crippen LogP contribution is 2.36. The number of benzene rings is 3. The molecule has 0 aliphatic heterocycles. The number of hydrogen-bond acceptors (Lipinski definition) is 5. The topological polar surface area (TPSA) is 43.7 Å². The van der Waals surface area contributed by atoms with Crippen LogP contribution in [0.2, 0.25) is 0 Å². The molecule has 4 aromatic rings. The molecule has 4 rings (SSSR count). The summed E-state index contributed by atoms with van der Waals surface area (Å²) in [5.74, 6) is 1.37. The monoisotopic (exact) mass is 348 g/mol. The lowest BCUT2D eigenvalue weighted by Crippen LogP contribution is -1.89. The Morgan fingerprint density at radius 3 is 2.48 bits per heavy atom. The highest BCUT2D eigenvalue weighted by Gasteiger charge is 2.10. The third kappa shape index (κ3) is 3.06. The van der Waals surface area contributed by atoms with Crippen LogP contribution in [0.5, 0.6) is 11.5 Å². The summed E-state index contributed by atoms with van der Waals surface area (Å²) in [4.78, 5) is 9.09. The maximum absolute atomic E-state index is 5.34. The molecule has 0 aliphatic carbocycles. The van der Waals surface area contributed by atoms with Crippen LogP contribution in [0.1, 0.15) is 5.56 Å². The second kappa shape index (κ2) is 6.53. The van der Waals surface area contributed by atoms with E-state index in [0.717, 1.165) is 15.8 Å². The van der Waals surface area contributed by atoms with Crippen molar-refractivity contribution in [2.24, 2.45) is 4.99 Å². The SMILES string of the molecule is COc1cc2nc(N=Cc3ccc4ccccc4c3)sc2cc1OC. The van der Waals surface area contributed by atoms with Crippen LogP contribution < -0.4 is 9.47 Å². The third-order valence-electron chi connectivity index (χ3n) is 3.98. The van der Waals surface area contributed by atoms with Crippen molar-refractivity contribution in [3.63, 3.8) is 0 Å². The third-order valence-corrected chi connectivity index (χ3v) is 4.91. The van der Waals surface area contributed by atoms with Gasteiger partial charge in [-0.25, -0.2) is 9.98 Å². The Bertz CT molecular complexity index is 1040. The maximum atomic E-state index is 5.34. The minimum Gasteiger partial charge on any atom is -0.493 e. The van der Waals surface area contributed by atoms with Crippen molar-refractivity contribution in [3.8, 4) is 11.5 Å². The summed E-state index contributed by atoms with van der Waals surface area (Å²) in [5.41, 5.74) is 1.90. The van der Waals surface area contributed by atoms with Gasteiger partial charge in [-0.05, 0) is 22.4 Å². The maximum Gasteiger partial charge on any atom is 0.210 e. The fraction of sp³-hybridized carbons (Fsp3) is 0.100. The molecule has 5 heteroatoms. The van der Waals surface area contributed by atoms with E-state index >= 15 is 0 Å². The predicted octanol–water partition coefficient (Wildman–Crippen LogP) is 5.22. The highest BCUT2D eigenvalue weighted by atomic mass is 32.1. The van der Waals surface area contributed by atoms with Gasteiger partial charge in [0.2, 0.25) is 5.13 Å². The lowest BCUT2D eigenvalue weighted by Gasteiger charge is -2.05. The van der Waals surface area contributed by atoms with Crippen molar-refractivity contribution in [2.75, 3.05) is 14.2 Å². The molecular weight excluding hydrogens is 332 g/mol. The molecule has 1 heterocycles. The lowest BCUT2D eigenvalue weighted by molar-refractivity contribution is 0.356. The van der Waals surface area contributed by atoms with E-state index in [-0.39, 0.29) is 0 Å². The average molecular weight is 348 g/mol. The van der Waals surface area contributed by atoms with Crippen LogP contribution in [0, 0.1) is 0 Å². The summed E-state index contributed by atoms with van der Waals surface area (Å²) in [5, 5.41) is 3.13. The predicted molar refractivity (Wildman–Crippen MR) is 104 cm³/mol. The Kier molecular flexibility index (Phi) is 4.07. The molecule has 3 aromatic carbocycles. The van der Waals surface area contributed by atoms with E-state index in [2.05, 4.69) is 40.3 Å². The van der Waals surface area contributed by atoms with Gasteiger partial charge in [0, 0.05) is 18.3 Å². The van der Waals surface area contributed by atoms with E-state index in [0.29, 0.717) is 16.6 Å². The molecule has 0 fully saturated rings. The second-order valence-electron chi connectivity index (χ2n) is 5.54. The molecule has 0 amide bonds. The first-order valence-electron chi connectivity index (χ1n) is 7.82. The normalized spacial score (nSPS) is 11.4. The molecule has 0 bridgehead atoms. The van der Waals surface area contributed by atoms with Crippen molar-refractivity contribution in [1.29, 1.82) is 0 Å². The van der Waals surface area contributed by atoms with Crippen LogP contribution in [0.15, 0.2) is 59.6 Å². The molecule has 1 aromatic heterocycles.